The molecule has 0 radical (unpaired) electrons. The molecule has 1 aromatic heterocycles. The molecule has 4 nitrogen and oxygen atoms in total. The van der Waals surface area contributed by atoms with Crippen molar-refractivity contribution < 1.29 is 14.7 Å². The fourth-order valence-electron chi connectivity index (χ4n) is 0.869. The van der Waals surface area contributed by atoms with Gasteiger partial charge in [0, 0.05) is 11.0 Å². The van der Waals surface area contributed by atoms with E-state index in [0.717, 1.165) is 4.47 Å². The summed E-state index contributed by atoms with van der Waals surface area (Å²) in [5.74, 6) is -1.74. The minimum absolute atomic E-state index is 0.137. The molecule has 0 bridgehead atoms. The quantitative estimate of drug-likeness (QED) is 0.891. The molecule has 1 heterocycles. The third-order valence-corrected chi connectivity index (χ3v) is 3.65. The van der Waals surface area contributed by atoms with Gasteiger partial charge >= 0.3 is 5.97 Å². The SMILES string of the molecule is CC(CNC(=O)c1sccc1Br)C(=O)O. The van der Waals surface area contributed by atoms with E-state index < -0.39 is 11.9 Å². The van der Waals surface area contributed by atoms with Crippen LogP contribution < -0.4 is 5.32 Å². The molecule has 0 fully saturated rings. The first-order valence-electron chi connectivity index (χ1n) is 4.26. The third kappa shape index (κ3) is 3.32. The van der Waals surface area contributed by atoms with E-state index in [1.165, 1.54) is 11.3 Å². The lowest BCUT2D eigenvalue weighted by atomic mass is 10.2. The molecule has 1 unspecified atom stereocenters. The van der Waals surface area contributed by atoms with E-state index in [4.69, 9.17) is 5.11 Å². The average Bonchev–Trinajstić information content (AvgIpc) is 2.60. The number of halogens is 1. The normalized spacial score (nSPS) is 12.1. The summed E-state index contributed by atoms with van der Waals surface area (Å²) in [5.41, 5.74) is 0. The third-order valence-electron chi connectivity index (χ3n) is 1.81. The summed E-state index contributed by atoms with van der Waals surface area (Å²) in [6, 6.07) is 1.78. The number of hydrogen-bond donors (Lipinski definition) is 2. The summed E-state index contributed by atoms with van der Waals surface area (Å²) in [7, 11) is 0. The largest absolute Gasteiger partial charge is 0.481 e. The second-order valence-electron chi connectivity index (χ2n) is 3.05. The first kappa shape index (κ1) is 12.2. The Labute approximate surface area is 99.4 Å². The molecular weight excluding hydrogens is 282 g/mol. The van der Waals surface area contributed by atoms with E-state index >= 15 is 0 Å². The number of hydrogen-bond acceptors (Lipinski definition) is 3. The molecule has 0 aliphatic heterocycles. The first-order valence-corrected chi connectivity index (χ1v) is 5.93. The number of thiophene rings is 1. The zero-order chi connectivity index (χ0) is 11.4. The number of carbonyl (C=O) groups is 2. The van der Waals surface area contributed by atoms with Crippen molar-refractivity contribution in [2.45, 2.75) is 6.92 Å². The van der Waals surface area contributed by atoms with Gasteiger partial charge < -0.3 is 10.4 Å². The van der Waals surface area contributed by atoms with Gasteiger partial charge in [-0.25, -0.2) is 0 Å². The summed E-state index contributed by atoms with van der Waals surface area (Å²) < 4.78 is 0.730. The Kier molecular flexibility index (Phi) is 4.28. The summed E-state index contributed by atoms with van der Waals surface area (Å²) >= 11 is 4.55. The van der Waals surface area contributed by atoms with Crippen molar-refractivity contribution in [3.8, 4) is 0 Å². The van der Waals surface area contributed by atoms with Gasteiger partial charge in [0.25, 0.3) is 5.91 Å². The number of amides is 1. The minimum atomic E-state index is -0.916. The molecular formula is C9H10BrNO3S. The maximum atomic E-state index is 11.5. The predicted octanol–water partition coefficient (Wildman–Crippen LogP) is 1.96. The lowest BCUT2D eigenvalue weighted by molar-refractivity contribution is -0.140. The van der Waals surface area contributed by atoms with Crippen LogP contribution in [0.3, 0.4) is 0 Å². The van der Waals surface area contributed by atoms with Crippen molar-refractivity contribution >= 4 is 39.1 Å². The van der Waals surface area contributed by atoms with Gasteiger partial charge in [-0.05, 0) is 27.4 Å². The van der Waals surface area contributed by atoms with Crippen LogP contribution in [0.15, 0.2) is 15.9 Å². The van der Waals surface area contributed by atoms with Crippen LogP contribution in [0.2, 0.25) is 0 Å². The second kappa shape index (κ2) is 5.27. The predicted molar refractivity (Wildman–Crippen MR) is 61.2 cm³/mol. The lowest BCUT2D eigenvalue weighted by Gasteiger charge is -2.07. The molecule has 0 spiro atoms. The van der Waals surface area contributed by atoms with Crippen LogP contribution in [0.5, 0.6) is 0 Å². The Morgan fingerprint density at radius 2 is 2.33 bits per heavy atom. The topological polar surface area (TPSA) is 66.4 Å². The molecule has 82 valence electrons. The van der Waals surface area contributed by atoms with Crippen LogP contribution in [-0.2, 0) is 4.79 Å². The molecule has 15 heavy (non-hydrogen) atoms. The average molecular weight is 292 g/mol. The number of aliphatic carboxylic acids is 1. The second-order valence-corrected chi connectivity index (χ2v) is 4.82. The van der Waals surface area contributed by atoms with Crippen molar-refractivity contribution in [2.24, 2.45) is 5.92 Å². The van der Waals surface area contributed by atoms with Gasteiger partial charge in [-0.2, -0.15) is 0 Å². The number of nitrogens with one attached hydrogen (secondary N) is 1. The van der Waals surface area contributed by atoms with Gasteiger partial charge in [-0.1, -0.05) is 6.92 Å². The van der Waals surface area contributed by atoms with Crippen LogP contribution in [0.1, 0.15) is 16.6 Å². The zero-order valence-electron chi connectivity index (χ0n) is 7.99. The number of carboxylic acids is 1. The summed E-state index contributed by atoms with van der Waals surface area (Å²) in [6.45, 7) is 1.69. The molecule has 1 aromatic rings. The van der Waals surface area contributed by atoms with Crippen LogP contribution in [0, 0.1) is 5.92 Å². The van der Waals surface area contributed by atoms with Gasteiger partial charge in [0.2, 0.25) is 0 Å². The Hall–Kier alpha value is -0.880. The zero-order valence-corrected chi connectivity index (χ0v) is 10.4. The van der Waals surface area contributed by atoms with E-state index in [0.29, 0.717) is 4.88 Å². The van der Waals surface area contributed by atoms with E-state index in [9.17, 15) is 9.59 Å². The van der Waals surface area contributed by atoms with Crippen molar-refractivity contribution in [3.05, 3.63) is 20.8 Å². The van der Waals surface area contributed by atoms with E-state index in [1.807, 2.05) is 0 Å². The van der Waals surface area contributed by atoms with Crippen molar-refractivity contribution in [2.75, 3.05) is 6.54 Å². The highest BCUT2D eigenvalue weighted by Crippen LogP contribution is 2.22. The Morgan fingerprint density at radius 3 is 2.80 bits per heavy atom. The fraction of sp³-hybridized carbons (Fsp3) is 0.333. The summed E-state index contributed by atoms with van der Waals surface area (Å²) in [4.78, 5) is 22.6. The van der Waals surface area contributed by atoms with Crippen molar-refractivity contribution in [1.82, 2.24) is 5.32 Å². The Balaban J connectivity index is 2.51. The summed E-state index contributed by atoms with van der Waals surface area (Å²) in [6.07, 6.45) is 0. The molecule has 1 amide bonds. The molecule has 0 saturated carbocycles. The maximum absolute atomic E-state index is 11.5. The monoisotopic (exact) mass is 291 g/mol. The van der Waals surface area contributed by atoms with Crippen molar-refractivity contribution in [1.29, 1.82) is 0 Å². The number of rotatable bonds is 4. The molecule has 1 rings (SSSR count). The highest BCUT2D eigenvalue weighted by molar-refractivity contribution is 9.10. The van der Waals surface area contributed by atoms with Gasteiger partial charge in [-0.3, -0.25) is 9.59 Å². The number of carbonyl (C=O) groups excluding carboxylic acids is 1. The molecule has 6 heteroatoms. The molecule has 0 aliphatic rings. The Bertz CT molecular complexity index is 377. The lowest BCUT2D eigenvalue weighted by Crippen LogP contribution is -2.31. The molecule has 0 aliphatic carbocycles. The molecule has 2 N–H and O–H groups in total. The Morgan fingerprint density at radius 1 is 1.67 bits per heavy atom. The van der Waals surface area contributed by atoms with E-state index in [2.05, 4.69) is 21.2 Å². The maximum Gasteiger partial charge on any atom is 0.308 e. The summed E-state index contributed by atoms with van der Waals surface area (Å²) in [5, 5.41) is 13.0. The van der Waals surface area contributed by atoms with Crippen molar-refractivity contribution in [3.63, 3.8) is 0 Å². The minimum Gasteiger partial charge on any atom is -0.481 e. The van der Waals surface area contributed by atoms with E-state index in [1.54, 1.807) is 18.4 Å². The highest BCUT2D eigenvalue weighted by atomic mass is 79.9. The smallest absolute Gasteiger partial charge is 0.308 e. The van der Waals surface area contributed by atoms with Crippen LogP contribution in [0.4, 0.5) is 0 Å². The van der Waals surface area contributed by atoms with Crippen LogP contribution in [-0.4, -0.2) is 23.5 Å². The van der Waals surface area contributed by atoms with Gasteiger partial charge in [0.15, 0.2) is 0 Å². The van der Waals surface area contributed by atoms with Crippen LogP contribution in [0.25, 0.3) is 0 Å². The van der Waals surface area contributed by atoms with Gasteiger partial charge in [0.05, 0.1) is 5.92 Å². The highest BCUT2D eigenvalue weighted by Gasteiger charge is 2.15. The molecule has 0 aromatic carbocycles. The van der Waals surface area contributed by atoms with Crippen LogP contribution >= 0.6 is 27.3 Å². The number of carboxylic acid groups (broad SMARTS) is 1. The molecule has 1 atom stereocenters. The first-order chi connectivity index (χ1) is 7.02. The van der Waals surface area contributed by atoms with E-state index in [-0.39, 0.29) is 12.5 Å². The standard InChI is InChI=1S/C9H10BrNO3S/c1-5(9(13)14)4-11-8(12)7-6(10)2-3-15-7/h2-3,5H,4H2,1H3,(H,11,12)(H,13,14). The van der Waals surface area contributed by atoms with Gasteiger partial charge in [0.1, 0.15) is 4.88 Å². The van der Waals surface area contributed by atoms with Gasteiger partial charge in [-0.15, -0.1) is 11.3 Å². The molecule has 0 saturated heterocycles. The fourth-order valence-corrected chi connectivity index (χ4v) is 2.34.